The number of hydrogen-bond acceptors (Lipinski definition) is 6. The Labute approximate surface area is 172 Å². The Morgan fingerprint density at radius 2 is 1.97 bits per heavy atom. The molecule has 2 aromatic heterocycles. The van der Waals surface area contributed by atoms with E-state index in [1.165, 1.54) is 11.3 Å². The molecule has 0 unspecified atom stereocenters. The van der Waals surface area contributed by atoms with E-state index in [1.54, 1.807) is 28.8 Å². The number of amides is 1. The number of aryl methyl sites for hydroxylation is 1. The molecule has 0 bridgehead atoms. The van der Waals surface area contributed by atoms with Gasteiger partial charge in [-0.05, 0) is 50.2 Å². The standard InChI is InChI=1S/C21H21N5O2S/c1-4-18-23-24-21-26(18)25-20(29-21)15-6-5-7-16(12-15)22-19(27)14-8-10-17(11-9-14)28-13(2)3/h5-13H,4H2,1-3H3,(H,22,27). The highest BCUT2D eigenvalue weighted by atomic mass is 32.1. The lowest BCUT2D eigenvalue weighted by Crippen LogP contribution is -2.12. The van der Waals surface area contributed by atoms with Gasteiger partial charge in [0.15, 0.2) is 5.82 Å². The average molecular weight is 407 g/mol. The molecule has 0 radical (unpaired) electrons. The van der Waals surface area contributed by atoms with Crippen LogP contribution in [0.1, 0.15) is 37.0 Å². The van der Waals surface area contributed by atoms with Gasteiger partial charge >= 0.3 is 0 Å². The summed E-state index contributed by atoms with van der Waals surface area (Å²) in [5, 5.41) is 16.7. The maximum Gasteiger partial charge on any atom is 0.255 e. The van der Waals surface area contributed by atoms with Crippen LogP contribution < -0.4 is 10.1 Å². The molecule has 4 aromatic rings. The van der Waals surface area contributed by atoms with Gasteiger partial charge in [-0.15, -0.1) is 10.2 Å². The van der Waals surface area contributed by atoms with Crippen molar-refractivity contribution in [1.82, 2.24) is 19.8 Å². The van der Waals surface area contributed by atoms with Crippen molar-refractivity contribution in [2.45, 2.75) is 33.3 Å². The van der Waals surface area contributed by atoms with Gasteiger partial charge in [-0.3, -0.25) is 4.79 Å². The number of carbonyl (C=O) groups is 1. The summed E-state index contributed by atoms with van der Waals surface area (Å²) in [5.41, 5.74) is 2.19. The molecule has 0 aliphatic heterocycles. The topological polar surface area (TPSA) is 81.4 Å². The third kappa shape index (κ3) is 4.12. The number of nitrogens with zero attached hydrogens (tertiary/aromatic N) is 4. The number of carbonyl (C=O) groups excluding carboxylic acids is 1. The molecule has 1 N–H and O–H groups in total. The van der Waals surface area contributed by atoms with E-state index in [0.29, 0.717) is 11.3 Å². The maximum absolute atomic E-state index is 12.6. The minimum atomic E-state index is -0.176. The van der Waals surface area contributed by atoms with Crippen LogP contribution in [0.5, 0.6) is 5.75 Å². The van der Waals surface area contributed by atoms with Crippen LogP contribution in [0.25, 0.3) is 15.5 Å². The first-order chi connectivity index (χ1) is 14.0. The van der Waals surface area contributed by atoms with Crippen LogP contribution in [0.4, 0.5) is 5.69 Å². The molecule has 0 aliphatic rings. The largest absolute Gasteiger partial charge is 0.491 e. The van der Waals surface area contributed by atoms with E-state index >= 15 is 0 Å². The molecule has 0 spiro atoms. The summed E-state index contributed by atoms with van der Waals surface area (Å²) in [7, 11) is 0. The van der Waals surface area contributed by atoms with Gasteiger partial charge in [-0.25, -0.2) is 0 Å². The Bertz CT molecular complexity index is 1150. The number of nitrogens with one attached hydrogen (secondary N) is 1. The fourth-order valence-electron chi connectivity index (χ4n) is 2.88. The van der Waals surface area contributed by atoms with Crippen LogP contribution in [0.2, 0.25) is 0 Å². The second kappa shape index (κ2) is 8.00. The van der Waals surface area contributed by atoms with E-state index in [2.05, 4.69) is 20.6 Å². The van der Waals surface area contributed by atoms with Crippen LogP contribution in [0.3, 0.4) is 0 Å². The third-order valence-corrected chi connectivity index (χ3v) is 5.18. The molecule has 2 aromatic carbocycles. The van der Waals surface area contributed by atoms with Crippen molar-refractivity contribution < 1.29 is 9.53 Å². The normalized spacial score (nSPS) is 11.2. The Balaban J connectivity index is 1.52. The van der Waals surface area contributed by atoms with Crippen LogP contribution >= 0.6 is 11.3 Å². The zero-order valence-electron chi connectivity index (χ0n) is 16.4. The lowest BCUT2D eigenvalue weighted by atomic mass is 10.1. The minimum absolute atomic E-state index is 0.0929. The second-order valence-corrected chi connectivity index (χ2v) is 7.75. The van der Waals surface area contributed by atoms with E-state index in [0.717, 1.165) is 33.5 Å². The van der Waals surface area contributed by atoms with Crippen molar-refractivity contribution in [3.63, 3.8) is 0 Å². The van der Waals surface area contributed by atoms with Gasteiger partial charge in [-0.1, -0.05) is 30.4 Å². The van der Waals surface area contributed by atoms with Crippen molar-refractivity contribution in [2.24, 2.45) is 0 Å². The van der Waals surface area contributed by atoms with Gasteiger partial charge in [0.05, 0.1) is 6.10 Å². The van der Waals surface area contributed by atoms with Gasteiger partial charge in [-0.2, -0.15) is 9.61 Å². The summed E-state index contributed by atoms with van der Waals surface area (Å²) >= 11 is 1.47. The summed E-state index contributed by atoms with van der Waals surface area (Å²) in [6.45, 7) is 5.95. The molecular weight excluding hydrogens is 386 g/mol. The summed E-state index contributed by atoms with van der Waals surface area (Å²) in [6, 6.07) is 14.7. The van der Waals surface area contributed by atoms with Gasteiger partial charge in [0.25, 0.3) is 5.91 Å². The SMILES string of the molecule is CCc1nnc2sc(-c3cccc(NC(=O)c4ccc(OC(C)C)cc4)c3)nn12. The van der Waals surface area contributed by atoms with Gasteiger partial charge in [0, 0.05) is 23.2 Å². The molecular formula is C21H21N5O2S. The fourth-order valence-corrected chi connectivity index (χ4v) is 3.74. The molecule has 2 heterocycles. The van der Waals surface area contributed by atoms with E-state index in [9.17, 15) is 4.79 Å². The first-order valence-corrected chi connectivity index (χ1v) is 10.2. The molecule has 0 fully saturated rings. The summed E-state index contributed by atoms with van der Waals surface area (Å²) in [5.74, 6) is 1.40. The molecule has 7 nitrogen and oxygen atoms in total. The first kappa shape index (κ1) is 19.1. The van der Waals surface area contributed by atoms with Crippen molar-refractivity contribution in [3.05, 3.63) is 59.9 Å². The van der Waals surface area contributed by atoms with Gasteiger partial charge in [0.1, 0.15) is 10.8 Å². The lowest BCUT2D eigenvalue weighted by Gasteiger charge is -2.10. The monoisotopic (exact) mass is 407 g/mol. The Morgan fingerprint density at radius 1 is 1.17 bits per heavy atom. The number of anilines is 1. The molecule has 0 atom stereocenters. The number of rotatable bonds is 6. The lowest BCUT2D eigenvalue weighted by molar-refractivity contribution is 0.102. The molecule has 148 valence electrons. The minimum Gasteiger partial charge on any atom is -0.491 e. The number of aromatic nitrogens is 4. The maximum atomic E-state index is 12.6. The van der Waals surface area contributed by atoms with Gasteiger partial charge in [0.2, 0.25) is 4.96 Å². The molecule has 0 aliphatic carbocycles. The number of benzene rings is 2. The average Bonchev–Trinajstić information content (AvgIpc) is 3.29. The van der Waals surface area contributed by atoms with Crippen LogP contribution in [0.15, 0.2) is 48.5 Å². The zero-order chi connectivity index (χ0) is 20.4. The van der Waals surface area contributed by atoms with Crippen molar-refractivity contribution in [1.29, 1.82) is 0 Å². The smallest absolute Gasteiger partial charge is 0.255 e. The van der Waals surface area contributed by atoms with Gasteiger partial charge < -0.3 is 10.1 Å². The number of fused-ring (bicyclic) bond motifs is 1. The first-order valence-electron chi connectivity index (χ1n) is 9.43. The van der Waals surface area contributed by atoms with Crippen molar-refractivity contribution >= 4 is 27.9 Å². The summed E-state index contributed by atoms with van der Waals surface area (Å²) in [4.78, 5) is 13.4. The number of hydrogen-bond donors (Lipinski definition) is 1. The fraction of sp³-hybridized carbons (Fsp3) is 0.238. The zero-order valence-corrected chi connectivity index (χ0v) is 17.2. The Kier molecular flexibility index (Phi) is 5.26. The predicted octanol–water partition coefficient (Wildman–Crippen LogP) is 4.45. The summed E-state index contributed by atoms with van der Waals surface area (Å²) < 4.78 is 7.39. The quantitative estimate of drug-likeness (QED) is 0.510. The highest BCUT2D eigenvalue weighted by Gasteiger charge is 2.13. The molecule has 0 saturated carbocycles. The highest BCUT2D eigenvalue weighted by Crippen LogP contribution is 2.27. The Hall–Kier alpha value is -3.26. The van der Waals surface area contributed by atoms with Crippen molar-refractivity contribution in [3.8, 4) is 16.3 Å². The number of ether oxygens (including phenoxy) is 1. The molecule has 1 amide bonds. The van der Waals surface area contributed by atoms with E-state index < -0.39 is 0 Å². The molecule has 29 heavy (non-hydrogen) atoms. The van der Waals surface area contributed by atoms with E-state index in [4.69, 9.17) is 4.74 Å². The third-order valence-electron chi connectivity index (χ3n) is 4.23. The highest BCUT2D eigenvalue weighted by molar-refractivity contribution is 7.19. The Morgan fingerprint density at radius 3 is 2.69 bits per heavy atom. The predicted molar refractivity (Wildman–Crippen MR) is 114 cm³/mol. The summed E-state index contributed by atoms with van der Waals surface area (Å²) in [6.07, 6.45) is 0.858. The molecule has 8 heteroatoms. The van der Waals surface area contributed by atoms with E-state index in [1.807, 2.05) is 45.0 Å². The molecule has 4 rings (SSSR count). The second-order valence-electron chi connectivity index (χ2n) is 6.80. The molecule has 0 saturated heterocycles. The van der Waals surface area contributed by atoms with Crippen LogP contribution in [-0.4, -0.2) is 31.8 Å². The van der Waals surface area contributed by atoms with E-state index in [-0.39, 0.29) is 12.0 Å². The van der Waals surface area contributed by atoms with Crippen molar-refractivity contribution in [2.75, 3.05) is 5.32 Å². The van der Waals surface area contributed by atoms with Crippen LogP contribution in [0, 0.1) is 0 Å². The van der Waals surface area contributed by atoms with Crippen LogP contribution in [-0.2, 0) is 6.42 Å².